The molecule has 7 nitrogen and oxygen atoms in total. The van der Waals surface area contributed by atoms with Gasteiger partial charge in [0.25, 0.3) is 11.8 Å². The lowest BCUT2D eigenvalue weighted by molar-refractivity contribution is 0.0663. The molecule has 0 aliphatic carbocycles. The summed E-state index contributed by atoms with van der Waals surface area (Å²) in [6.45, 7) is 2.01. The molecule has 0 spiro atoms. The Morgan fingerprint density at radius 1 is 1.29 bits per heavy atom. The number of hydrogen-bond donors (Lipinski definition) is 2. The summed E-state index contributed by atoms with van der Waals surface area (Å²) in [7, 11) is -3.12. The van der Waals surface area contributed by atoms with Crippen molar-refractivity contribution < 1.29 is 22.7 Å². The maximum atomic E-state index is 12.5. The SMILES string of the molecule is Cc1cc(NC(=O)c2ccccc2Cl)sc1C(=O)NC[C@H]1CS(=O)(=O)CCO1. The number of rotatable bonds is 5. The van der Waals surface area contributed by atoms with Crippen molar-refractivity contribution in [1.29, 1.82) is 0 Å². The topological polar surface area (TPSA) is 102 Å². The van der Waals surface area contributed by atoms with Gasteiger partial charge in [-0.2, -0.15) is 0 Å². The van der Waals surface area contributed by atoms with Crippen LogP contribution in [0, 0.1) is 6.92 Å². The summed E-state index contributed by atoms with van der Waals surface area (Å²) in [5.41, 5.74) is 1.05. The van der Waals surface area contributed by atoms with Crippen LogP contribution in [-0.2, 0) is 14.6 Å². The molecule has 0 saturated carbocycles. The van der Waals surface area contributed by atoms with Gasteiger partial charge in [-0.05, 0) is 30.7 Å². The minimum Gasteiger partial charge on any atom is -0.374 e. The molecule has 1 aromatic heterocycles. The minimum atomic E-state index is -3.12. The number of nitrogens with one attached hydrogen (secondary N) is 2. The summed E-state index contributed by atoms with van der Waals surface area (Å²) in [6.07, 6.45) is -0.553. The van der Waals surface area contributed by atoms with Gasteiger partial charge in [-0.25, -0.2) is 8.42 Å². The van der Waals surface area contributed by atoms with E-state index in [1.165, 1.54) is 0 Å². The zero-order chi connectivity index (χ0) is 20.3. The number of carbonyl (C=O) groups is 2. The number of benzene rings is 1. The van der Waals surface area contributed by atoms with Crippen molar-refractivity contribution in [2.45, 2.75) is 13.0 Å². The first-order chi connectivity index (χ1) is 13.2. The van der Waals surface area contributed by atoms with Crippen molar-refractivity contribution in [3.05, 3.63) is 51.4 Å². The molecule has 1 atom stereocenters. The molecule has 0 radical (unpaired) electrons. The second kappa shape index (κ2) is 8.60. The highest BCUT2D eigenvalue weighted by molar-refractivity contribution is 7.91. The Labute approximate surface area is 172 Å². The Bertz CT molecular complexity index is 1000. The summed E-state index contributed by atoms with van der Waals surface area (Å²) < 4.78 is 28.7. The molecule has 1 aromatic carbocycles. The molecule has 28 heavy (non-hydrogen) atoms. The lowest BCUT2D eigenvalue weighted by atomic mass is 10.2. The number of thiophene rings is 1. The third-order valence-electron chi connectivity index (χ3n) is 4.16. The van der Waals surface area contributed by atoms with E-state index >= 15 is 0 Å². The van der Waals surface area contributed by atoms with Crippen LogP contribution in [0.3, 0.4) is 0 Å². The van der Waals surface area contributed by atoms with Crippen LogP contribution in [0.4, 0.5) is 5.00 Å². The van der Waals surface area contributed by atoms with E-state index in [1.54, 1.807) is 37.3 Å². The van der Waals surface area contributed by atoms with Crippen LogP contribution < -0.4 is 10.6 Å². The number of carbonyl (C=O) groups excluding carboxylic acids is 2. The monoisotopic (exact) mass is 442 g/mol. The number of anilines is 1. The third kappa shape index (κ3) is 5.11. The van der Waals surface area contributed by atoms with E-state index in [9.17, 15) is 18.0 Å². The van der Waals surface area contributed by atoms with Gasteiger partial charge < -0.3 is 15.4 Å². The number of ether oxygens (including phenoxy) is 1. The fraction of sp³-hybridized carbons (Fsp3) is 0.333. The van der Waals surface area contributed by atoms with Gasteiger partial charge in [0, 0.05) is 6.54 Å². The highest BCUT2D eigenvalue weighted by Crippen LogP contribution is 2.28. The molecule has 0 bridgehead atoms. The first kappa shape index (κ1) is 20.8. The molecule has 2 heterocycles. The summed E-state index contributed by atoms with van der Waals surface area (Å²) in [4.78, 5) is 25.2. The van der Waals surface area contributed by atoms with E-state index in [0.29, 0.717) is 26.0 Å². The second-order valence-corrected chi connectivity index (χ2v) is 10.1. The van der Waals surface area contributed by atoms with Crippen LogP contribution in [-0.4, -0.2) is 51.0 Å². The molecule has 2 amide bonds. The standard InChI is InChI=1S/C18H19ClN2O5S2/c1-11-8-15(21-17(22)13-4-2-3-5-14(13)19)27-16(11)18(23)20-9-12-10-28(24,25)7-6-26-12/h2-5,8,12H,6-7,9-10H2,1H3,(H,20,23)(H,21,22)/t12-/m0/s1. The predicted octanol–water partition coefficient (Wildman–Crippen LogP) is 2.51. The smallest absolute Gasteiger partial charge is 0.261 e. The quantitative estimate of drug-likeness (QED) is 0.740. The zero-order valence-corrected chi connectivity index (χ0v) is 17.4. The molecular formula is C18H19ClN2O5S2. The van der Waals surface area contributed by atoms with Gasteiger partial charge in [0.15, 0.2) is 9.84 Å². The molecule has 2 aromatic rings. The molecule has 0 unspecified atom stereocenters. The third-order valence-corrected chi connectivity index (χ3v) is 7.31. The van der Waals surface area contributed by atoms with Gasteiger partial charge in [-0.1, -0.05) is 23.7 Å². The van der Waals surface area contributed by atoms with Crippen LogP contribution in [0.5, 0.6) is 0 Å². The average Bonchev–Trinajstić information content (AvgIpc) is 2.99. The molecule has 2 N–H and O–H groups in total. The van der Waals surface area contributed by atoms with Crippen molar-refractivity contribution in [2.75, 3.05) is 30.0 Å². The van der Waals surface area contributed by atoms with Crippen molar-refractivity contribution in [2.24, 2.45) is 0 Å². The minimum absolute atomic E-state index is 0.00989. The maximum Gasteiger partial charge on any atom is 0.261 e. The van der Waals surface area contributed by atoms with Crippen LogP contribution in [0.15, 0.2) is 30.3 Å². The fourth-order valence-electron chi connectivity index (χ4n) is 2.75. The highest BCUT2D eigenvalue weighted by atomic mass is 35.5. The highest BCUT2D eigenvalue weighted by Gasteiger charge is 2.26. The summed E-state index contributed by atoms with van der Waals surface area (Å²) in [5.74, 6) is -0.793. The number of aryl methyl sites for hydroxylation is 1. The predicted molar refractivity (Wildman–Crippen MR) is 109 cm³/mol. The van der Waals surface area contributed by atoms with Crippen LogP contribution >= 0.6 is 22.9 Å². The second-order valence-electron chi connectivity index (χ2n) is 6.37. The Hall–Kier alpha value is -1.94. The Kier molecular flexibility index (Phi) is 6.39. The van der Waals surface area contributed by atoms with Crippen molar-refractivity contribution in [1.82, 2.24) is 5.32 Å². The van der Waals surface area contributed by atoms with Crippen molar-refractivity contribution in [3.8, 4) is 0 Å². The molecule has 10 heteroatoms. The van der Waals surface area contributed by atoms with Gasteiger partial charge in [0.2, 0.25) is 0 Å². The van der Waals surface area contributed by atoms with Gasteiger partial charge in [0.1, 0.15) is 0 Å². The summed E-state index contributed by atoms with van der Waals surface area (Å²) >= 11 is 7.17. The molecule has 1 saturated heterocycles. The Balaban J connectivity index is 1.62. The number of hydrogen-bond acceptors (Lipinski definition) is 6. The lowest BCUT2D eigenvalue weighted by Gasteiger charge is -2.22. The van der Waals surface area contributed by atoms with Gasteiger partial charge >= 0.3 is 0 Å². The van der Waals surface area contributed by atoms with E-state index in [0.717, 1.165) is 11.3 Å². The molecule has 150 valence electrons. The van der Waals surface area contributed by atoms with E-state index < -0.39 is 15.9 Å². The largest absolute Gasteiger partial charge is 0.374 e. The zero-order valence-electron chi connectivity index (χ0n) is 15.0. The van der Waals surface area contributed by atoms with Crippen LogP contribution in [0.2, 0.25) is 5.02 Å². The molecule has 1 fully saturated rings. The lowest BCUT2D eigenvalue weighted by Crippen LogP contribution is -2.42. The maximum absolute atomic E-state index is 12.5. The first-order valence-corrected chi connectivity index (χ1v) is 11.5. The van der Waals surface area contributed by atoms with Crippen molar-refractivity contribution in [3.63, 3.8) is 0 Å². The van der Waals surface area contributed by atoms with E-state index in [2.05, 4.69) is 10.6 Å². The van der Waals surface area contributed by atoms with Crippen LogP contribution in [0.1, 0.15) is 25.6 Å². The molecule has 1 aliphatic heterocycles. The summed E-state index contributed by atoms with van der Waals surface area (Å²) in [6, 6.07) is 8.40. The fourth-order valence-corrected chi connectivity index (χ4v) is 5.26. The van der Waals surface area contributed by atoms with Crippen molar-refractivity contribution >= 4 is 49.6 Å². The Morgan fingerprint density at radius 2 is 2.04 bits per heavy atom. The van der Waals surface area contributed by atoms with Gasteiger partial charge in [0.05, 0.1) is 44.7 Å². The average molecular weight is 443 g/mol. The first-order valence-electron chi connectivity index (χ1n) is 8.52. The van der Waals surface area contributed by atoms with E-state index in [-0.39, 0.29) is 36.5 Å². The Morgan fingerprint density at radius 3 is 2.75 bits per heavy atom. The molecular weight excluding hydrogens is 424 g/mol. The van der Waals surface area contributed by atoms with Gasteiger partial charge in [-0.3, -0.25) is 9.59 Å². The number of amides is 2. The van der Waals surface area contributed by atoms with E-state index in [1.807, 2.05) is 0 Å². The summed E-state index contributed by atoms with van der Waals surface area (Å²) in [5, 5.41) is 6.30. The number of sulfone groups is 1. The molecule has 3 rings (SSSR count). The van der Waals surface area contributed by atoms with E-state index in [4.69, 9.17) is 16.3 Å². The molecule has 1 aliphatic rings. The number of halogens is 1. The normalized spacial score (nSPS) is 18.4. The van der Waals surface area contributed by atoms with Crippen LogP contribution in [0.25, 0.3) is 0 Å². The van der Waals surface area contributed by atoms with Gasteiger partial charge in [-0.15, -0.1) is 11.3 Å².